The Morgan fingerprint density at radius 2 is 1.52 bits per heavy atom. The van der Waals surface area contributed by atoms with Gasteiger partial charge >= 0.3 is 0 Å². The number of carbonyl (C=O) groups is 2. The summed E-state index contributed by atoms with van der Waals surface area (Å²) in [5.74, 6) is 0.143. The number of para-hydroxylation sites is 1. The molecule has 0 aliphatic rings. The van der Waals surface area contributed by atoms with Crippen LogP contribution in [0.5, 0.6) is 5.75 Å². The molecule has 3 aromatic rings. The van der Waals surface area contributed by atoms with Gasteiger partial charge in [-0.3, -0.25) is 9.59 Å². The van der Waals surface area contributed by atoms with Crippen molar-refractivity contribution in [2.75, 3.05) is 17.2 Å². The van der Waals surface area contributed by atoms with Crippen molar-refractivity contribution in [2.24, 2.45) is 0 Å². The molecule has 0 atom stereocenters. The van der Waals surface area contributed by atoms with E-state index < -0.39 is 0 Å². The van der Waals surface area contributed by atoms with E-state index in [1.54, 1.807) is 36.4 Å². The minimum atomic E-state index is -0.282. The molecule has 3 aromatic carbocycles. The predicted molar refractivity (Wildman–Crippen MR) is 126 cm³/mol. The van der Waals surface area contributed by atoms with Gasteiger partial charge in [0.1, 0.15) is 5.75 Å². The third-order valence-corrected chi connectivity index (χ3v) is 4.59. The molecule has 0 aromatic heterocycles. The molecule has 0 unspecified atom stereocenters. The largest absolute Gasteiger partial charge is 0.484 e. The first-order valence-corrected chi connectivity index (χ1v) is 10.1. The third kappa shape index (κ3) is 7.24. The Bertz CT molecular complexity index is 1070. The second kappa shape index (κ2) is 10.9. The molecule has 6 nitrogen and oxygen atoms in total. The number of aryl methyl sites for hydroxylation is 1. The average Bonchev–Trinajstić information content (AvgIpc) is 2.75. The van der Waals surface area contributed by atoms with Crippen LogP contribution in [0.3, 0.4) is 0 Å². The zero-order chi connectivity index (χ0) is 22.1. The van der Waals surface area contributed by atoms with Crippen LogP contribution >= 0.6 is 12.2 Å². The molecule has 0 saturated heterocycles. The first kappa shape index (κ1) is 22.0. The summed E-state index contributed by atoms with van der Waals surface area (Å²) in [6.07, 6.45) is 0.242. The van der Waals surface area contributed by atoms with Gasteiger partial charge < -0.3 is 20.7 Å². The Hall–Kier alpha value is -3.71. The van der Waals surface area contributed by atoms with Crippen molar-refractivity contribution in [3.63, 3.8) is 0 Å². The highest BCUT2D eigenvalue weighted by molar-refractivity contribution is 7.80. The summed E-state index contributed by atoms with van der Waals surface area (Å²) in [7, 11) is 0. The summed E-state index contributed by atoms with van der Waals surface area (Å²) in [4.78, 5) is 24.4. The van der Waals surface area contributed by atoms with Crippen LogP contribution in [0, 0.1) is 6.92 Å². The Morgan fingerprint density at radius 1 is 0.839 bits per heavy atom. The Morgan fingerprint density at radius 3 is 2.26 bits per heavy atom. The number of ether oxygens (including phenoxy) is 1. The van der Waals surface area contributed by atoms with Crippen molar-refractivity contribution in [3.8, 4) is 5.75 Å². The maximum absolute atomic E-state index is 12.3. The van der Waals surface area contributed by atoms with E-state index in [1.165, 1.54) is 0 Å². The van der Waals surface area contributed by atoms with Gasteiger partial charge in [0.05, 0.1) is 6.42 Å². The molecule has 0 heterocycles. The molecule has 0 spiro atoms. The van der Waals surface area contributed by atoms with Crippen LogP contribution in [0.4, 0.5) is 11.4 Å². The zero-order valence-corrected chi connectivity index (χ0v) is 17.9. The van der Waals surface area contributed by atoms with Crippen LogP contribution in [0.2, 0.25) is 0 Å². The summed E-state index contributed by atoms with van der Waals surface area (Å²) in [6, 6.07) is 23.9. The van der Waals surface area contributed by atoms with Gasteiger partial charge in [-0.2, -0.15) is 0 Å². The van der Waals surface area contributed by atoms with E-state index in [1.807, 2.05) is 49.4 Å². The summed E-state index contributed by atoms with van der Waals surface area (Å²) in [5.41, 5.74) is 3.23. The lowest BCUT2D eigenvalue weighted by Gasteiger charge is -2.12. The fourth-order valence-corrected chi connectivity index (χ4v) is 3.08. The fraction of sp³-hybridized carbons (Fsp3) is 0.125. The quantitative estimate of drug-likeness (QED) is 0.490. The Kier molecular flexibility index (Phi) is 7.73. The van der Waals surface area contributed by atoms with Crippen LogP contribution in [-0.4, -0.2) is 23.5 Å². The van der Waals surface area contributed by atoms with Gasteiger partial charge in [-0.05, 0) is 60.6 Å². The number of hydrogen-bond donors (Lipinski definition) is 3. The molecular weight excluding hydrogens is 410 g/mol. The summed E-state index contributed by atoms with van der Waals surface area (Å²) in [6.45, 7) is 1.86. The van der Waals surface area contributed by atoms with E-state index in [2.05, 4.69) is 16.0 Å². The molecule has 0 bridgehead atoms. The van der Waals surface area contributed by atoms with Crippen LogP contribution in [0.25, 0.3) is 0 Å². The van der Waals surface area contributed by atoms with Crippen LogP contribution < -0.4 is 20.7 Å². The van der Waals surface area contributed by atoms with E-state index in [-0.39, 0.29) is 30.0 Å². The molecule has 0 radical (unpaired) electrons. The maximum Gasteiger partial charge on any atom is 0.262 e. The van der Waals surface area contributed by atoms with Crippen molar-refractivity contribution in [1.29, 1.82) is 0 Å². The van der Waals surface area contributed by atoms with Gasteiger partial charge in [-0.25, -0.2) is 0 Å². The van der Waals surface area contributed by atoms with Crippen molar-refractivity contribution in [3.05, 3.63) is 90.0 Å². The molecule has 0 aliphatic heterocycles. The molecule has 3 rings (SSSR count). The fourth-order valence-electron chi connectivity index (χ4n) is 2.85. The van der Waals surface area contributed by atoms with Crippen molar-refractivity contribution >= 4 is 40.5 Å². The molecule has 0 saturated carbocycles. The normalized spacial score (nSPS) is 10.1. The van der Waals surface area contributed by atoms with E-state index >= 15 is 0 Å². The number of hydrogen-bond acceptors (Lipinski definition) is 4. The van der Waals surface area contributed by atoms with E-state index in [4.69, 9.17) is 17.0 Å². The van der Waals surface area contributed by atoms with Crippen molar-refractivity contribution < 1.29 is 14.3 Å². The summed E-state index contributed by atoms with van der Waals surface area (Å²) >= 11 is 5.24. The van der Waals surface area contributed by atoms with E-state index in [0.717, 1.165) is 11.1 Å². The van der Waals surface area contributed by atoms with Crippen LogP contribution in [-0.2, 0) is 16.0 Å². The Labute approximate surface area is 186 Å². The molecule has 31 heavy (non-hydrogen) atoms. The number of benzene rings is 3. The second-order valence-corrected chi connectivity index (χ2v) is 7.24. The molecule has 2 amide bonds. The highest BCUT2D eigenvalue weighted by Gasteiger charge is 2.09. The lowest BCUT2D eigenvalue weighted by Crippen LogP contribution is -2.35. The lowest BCUT2D eigenvalue weighted by atomic mass is 10.1. The van der Waals surface area contributed by atoms with Gasteiger partial charge in [0.2, 0.25) is 5.91 Å². The maximum atomic E-state index is 12.3. The van der Waals surface area contributed by atoms with Gasteiger partial charge in [-0.15, -0.1) is 0 Å². The number of nitrogens with one attached hydrogen (secondary N) is 3. The lowest BCUT2D eigenvalue weighted by molar-refractivity contribution is -0.119. The first-order valence-electron chi connectivity index (χ1n) is 9.73. The van der Waals surface area contributed by atoms with E-state index in [0.29, 0.717) is 17.1 Å². The van der Waals surface area contributed by atoms with Gasteiger partial charge in [0.25, 0.3) is 5.91 Å². The minimum absolute atomic E-state index is 0.102. The summed E-state index contributed by atoms with van der Waals surface area (Å²) in [5, 5.41) is 8.60. The first-order chi connectivity index (χ1) is 15.0. The van der Waals surface area contributed by atoms with Crippen molar-refractivity contribution in [1.82, 2.24) is 5.32 Å². The van der Waals surface area contributed by atoms with Gasteiger partial charge in [-0.1, -0.05) is 48.5 Å². The van der Waals surface area contributed by atoms with Gasteiger partial charge in [0, 0.05) is 11.4 Å². The number of carbonyl (C=O) groups excluding carboxylic acids is 2. The van der Waals surface area contributed by atoms with Crippen molar-refractivity contribution in [2.45, 2.75) is 13.3 Å². The molecular formula is C24H23N3O3S. The highest BCUT2D eigenvalue weighted by atomic mass is 32.1. The predicted octanol–water partition coefficient (Wildman–Crippen LogP) is 4.07. The van der Waals surface area contributed by atoms with Crippen LogP contribution in [0.15, 0.2) is 78.9 Å². The second-order valence-electron chi connectivity index (χ2n) is 6.84. The van der Waals surface area contributed by atoms with E-state index in [9.17, 15) is 9.59 Å². The Balaban J connectivity index is 1.49. The molecule has 158 valence electrons. The monoisotopic (exact) mass is 433 g/mol. The number of anilines is 2. The molecule has 3 N–H and O–H groups in total. The number of amides is 2. The molecule has 7 heteroatoms. The van der Waals surface area contributed by atoms with Crippen LogP contribution in [0.1, 0.15) is 11.1 Å². The number of thiocarbonyl (C=S) groups is 1. The van der Waals surface area contributed by atoms with Gasteiger partial charge in [0.15, 0.2) is 11.7 Å². The average molecular weight is 434 g/mol. The topological polar surface area (TPSA) is 79.5 Å². The zero-order valence-electron chi connectivity index (χ0n) is 17.1. The standard InChI is InChI=1S/C24H23N3O3S/c1-17-8-5-6-9-18(17)14-22(28)27-24(31)26-20-11-7-10-19(15-20)25-23(29)16-30-21-12-3-2-4-13-21/h2-13,15H,14,16H2,1H3,(H,25,29)(H2,26,27,28,31). The number of rotatable bonds is 7. The molecule has 0 aliphatic carbocycles. The summed E-state index contributed by atoms with van der Waals surface area (Å²) < 4.78 is 5.44. The minimum Gasteiger partial charge on any atom is -0.484 e. The molecule has 0 fully saturated rings. The third-order valence-electron chi connectivity index (χ3n) is 4.38. The smallest absolute Gasteiger partial charge is 0.262 e. The highest BCUT2D eigenvalue weighted by Crippen LogP contribution is 2.15. The SMILES string of the molecule is Cc1ccccc1CC(=O)NC(=S)Nc1cccc(NC(=O)COc2ccccc2)c1.